The molecule has 0 fully saturated rings. The molecule has 1 aliphatic heterocycles. The van der Waals surface area contributed by atoms with Gasteiger partial charge in [0.25, 0.3) is 0 Å². The zero-order valence-corrected chi connectivity index (χ0v) is 21.5. The average molecular weight is 523 g/mol. The van der Waals surface area contributed by atoms with Crippen molar-refractivity contribution in [2.75, 3.05) is 11.9 Å². The summed E-state index contributed by atoms with van der Waals surface area (Å²) in [7, 11) is 2.12. The molecule has 0 aliphatic carbocycles. The van der Waals surface area contributed by atoms with Crippen molar-refractivity contribution in [3.63, 3.8) is 0 Å². The minimum atomic E-state index is -1.22. The highest BCUT2D eigenvalue weighted by Crippen LogP contribution is 2.49. The van der Waals surface area contributed by atoms with Crippen molar-refractivity contribution in [1.29, 1.82) is 5.26 Å². The minimum Gasteiger partial charge on any atom is -0.477 e. The van der Waals surface area contributed by atoms with Crippen molar-refractivity contribution in [3.05, 3.63) is 90.0 Å². The van der Waals surface area contributed by atoms with E-state index in [4.69, 9.17) is 10.4 Å². The van der Waals surface area contributed by atoms with Crippen LogP contribution in [-0.2, 0) is 4.79 Å². The first kappa shape index (κ1) is 22.6. The van der Waals surface area contributed by atoms with E-state index in [2.05, 4.69) is 66.5 Å². The van der Waals surface area contributed by atoms with E-state index in [1.54, 1.807) is 28.7 Å². The van der Waals surface area contributed by atoms with Gasteiger partial charge in [-0.2, -0.15) is 5.26 Å². The summed E-state index contributed by atoms with van der Waals surface area (Å²) in [4.78, 5) is 18.3. The standard InChI is InChI=1S/C29H18N2O2S3/c1-31-21-4-2-3-5-23(21)34-26-13-19(10-11-22(26)31)25-15-28-27(36-25)14-24(35-28)18-8-6-17(7-9-18)12-20(16-30)29(32)33/h2-15H,1H3,(H,32,33)/b20-12-. The molecule has 2 aromatic heterocycles. The number of hydrogen-bond acceptors (Lipinski definition) is 6. The molecule has 1 aliphatic rings. The Balaban J connectivity index is 1.27. The van der Waals surface area contributed by atoms with Crippen molar-refractivity contribution in [2.24, 2.45) is 0 Å². The summed E-state index contributed by atoms with van der Waals surface area (Å²) in [5, 5.41) is 18.0. The highest BCUT2D eigenvalue weighted by Gasteiger charge is 2.21. The van der Waals surface area contributed by atoms with Gasteiger partial charge in [-0.15, -0.1) is 22.7 Å². The van der Waals surface area contributed by atoms with Gasteiger partial charge in [-0.25, -0.2) is 4.79 Å². The number of anilines is 2. The summed E-state index contributed by atoms with van der Waals surface area (Å²) < 4.78 is 2.50. The summed E-state index contributed by atoms with van der Waals surface area (Å²) in [6.07, 6.45) is 1.39. The average Bonchev–Trinajstić information content (AvgIpc) is 3.47. The third-order valence-electron chi connectivity index (χ3n) is 6.12. The van der Waals surface area contributed by atoms with Crippen LogP contribution in [0.4, 0.5) is 11.4 Å². The Morgan fingerprint density at radius 3 is 2.19 bits per heavy atom. The minimum absolute atomic E-state index is 0.275. The summed E-state index contributed by atoms with van der Waals surface area (Å²) >= 11 is 5.37. The molecule has 3 heterocycles. The Morgan fingerprint density at radius 2 is 1.50 bits per heavy atom. The summed E-state index contributed by atoms with van der Waals surface area (Å²) in [5.41, 5.74) is 5.19. The van der Waals surface area contributed by atoms with Crippen LogP contribution in [-0.4, -0.2) is 18.1 Å². The molecule has 0 atom stereocenters. The van der Waals surface area contributed by atoms with Gasteiger partial charge in [0.1, 0.15) is 11.6 Å². The van der Waals surface area contributed by atoms with Crippen molar-refractivity contribution >= 4 is 67.3 Å². The van der Waals surface area contributed by atoms with Crippen molar-refractivity contribution in [1.82, 2.24) is 0 Å². The summed E-state index contributed by atoms with van der Waals surface area (Å²) in [6, 6.07) is 29.0. The Labute approximate surface area is 220 Å². The molecule has 0 spiro atoms. The number of thiophene rings is 2. The molecule has 7 heteroatoms. The predicted molar refractivity (Wildman–Crippen MR) is 150 cm³/mol. The number of para-hydroxylation sites is 1. The first-order valence-corrected chi connectivity index (χ1v) is 13.6. The largest absolute Gasteiger partial charge is 0.477 e. The van der Waals surface area contributed by atoms with Crippen LogP contribution in [0.15, 0.2) is 94.2 Å². The molecule has 0 bridgehead atoms. The number of fused-ring (bicyclic) bond motifs is 3. The van der Waals surface area contributed by atoms with Crippen LogP contribution in [0.1, 0.15) is 5.56 Å². The second-order valence-corrected chi connectivity index (χ2v) is 11.6. The lowest BCUT2D eigenvalue weighted by molar-refractivity contribution is -0.132. The van der Waals surface area contributed by atoms with Gasteiger partial charge in [-0.05, 0) is 59.2 Å². The number of carboxylic acids is 1. The first-order valence-electron chi connectivity index (χ1n) is 11.1. The van der Waals surface area contributed by atoms with E-state index in [1.165, 1.54) is 47.1 Å². The lowest BCUT2D eigenvalue weighted by Crippen LogP contribution is -2.14. The Morgan fingerprint density at radius 1 is 0.861 bits per heavy atom. The lowest BCUT2D eigenvalue weighted by atomic mass is 10.1. The maximum atomic E-state index is 11.1. The third-order valence-corrected chi connectivity index (χ3v) is 9.62. The van der Waals surface area contributed by atoms with Gasteiger partial charge in [0.2, 0.25) is 0 Å². The van der Waals surface area contributed by atoms with Gasteiger partial charge >= 0.3 is 5.97 Å². The molecule has 0 unspecified atom stereocenters. The van der Waals surface area contributed by atoms with Gasteiger partial charge in [0.05, 0.1) is 11.4 Å². The molecule has 174 valence electrons. The zero-order valence-electron chi connectivity index (χ0n) is 19.1. The highest BCUT2D eigenvalue weighted by molar-refractivity contribution is 7.99. The number of rotatable bonds is 4. The van der Waals surface area contributed by atoms with Crippen LogP contribution in [0.2, 0.25) is 0 Å². The molecule has 4 nitrogen and oxygen atoms in total. The second kappa shape index (κ2) is 8.99. The second-order valence-electron chi connectivity index (χ2n) is 8.36. The van der Waals surface area contributed by atoms with Crippen LogP contribution < -0.4 is 4.90 Å². The van der Waals surface area contributed by atoms with Gasteiger partial charge in [0.15, 0.2) is 0 Å². The van der Waals surface area contributed by atoms with E-state index in [1.807, 2.05) is 36.0 Å². The summed E-state index contributed by atoms with van der Waals surface area (Å²) in [6.45, 7) is 0. The molecule has 3 aromatic carbocycles. The summed E-state index contributed by atoms with van der Waals surface area (Å²) in [5.74, 6) is -1.22. The van der Waals surface area contributed by atoms with Gasteiger partial charge in [0, 0.05) is 36.0 Å². The number of nitriles is 1. The molecule has 1 N–H and O–H groups in total. The molecule has 36 heavy (non-hydrogen) atoms. The van der Waals surface area contributed by atoms with Crippen LogP contribution in [0.25, 0.3) is 36.4 Å². The van der Waals surface area contributed by atoms with E-state index in [9.17, 15) is 4.79 Å². The van der Waals surface area contributed by atoms with E-state index in [0.717, 1.165) is 10.4 Å². The van der Waals surface area contributed by atoms with Crippen LogP contribution in [0.5, 0.6) is 0 Å². The van der Waals surface area contributed by atoms with E-state index >= 15 is 0 Å². The van der Waals surface area contributed by atoms with Crippen LogP contribution >= 0.6 is 34.4 Å². The Hall–Kier alpha value is -3.83. The number of aliphatic carboxylic acids is 1. The SMILES string of the molecule is CN1c2ccccc2Sc2cc(-c3cc4sc(-c5ccc(/C=C(/C#N)C(=O)O)cc5)cc4s3)ccc21. The molecule has 0 amide bonds. The fourth-order valence-corrected chi connectivity index (χ4v) is 7.85. The zero-order chi connectivity index (χ0) is 24.8. The molecule has 0 saturated heterocycles. The maximum absolute atomic E-state index is 11.1. The number of carbonyl (C=O) groups is 1. The van der Waals surface area contributed by atoms with Crippen molar-refractivity contribution in [2.45, 2.75) is 9.79 Å². The van der Waals surface area contributed by atoms with E-state index in [0.29, 0.717) is 5.56 Å². The fraction of sp³-hybridized carbons (Fsp3) is 0.0345. The normalized spacial score (nSPS) is 12.8. The number of benzene rings is 3. The third kappa shape index (κ3) is 3.99. The molecule has 6 rings (SSSR count). The van der Waals surface area contributed by atoms with Crippen LogP contribution in [0.3, 0.4) is 0 Å². The van der Waals surface area contributed by atoms with E-state index < -0.39 is 5.97 Å². The highest BCUT2D eigenvalue weighted by atomic mass is 32.2. The number of carboxylic acid groups (broad SMARTS) is 1. The van der Waals surface area contributed by atoms with Gasteiger partial charge < -0.3 is 10.0 Å². The van der Waals surface area contributed by atoms with Crippen LogP contribution in [0, 0.1) is 11.3 Å². The van der Waals surface area contributed by atoms with Gasteiger partial charge in [-0.3, -0.25) is 0 Å². The van der Waals surface area contributed by atoms with Crippen molar-refractivity contribution in [3.8, 4) is 27.0 Å². The quantitative estimate of drug-likeness (QED) is 0.189. The number of hydrogen-bond donors (Lipinski definition) is 1. The lowest BCUT2D eigenvalue weighted by Gasteiger charge is -2.29. The fourth-order valence-electron chi connectivity index (χ4n) is 4.27. The molecule has 0 saturated carbocycles. The van der Waals surface area contributed by atoms with Crippen molar-refractivity contribution < 1.29 is 9.90 Å². The Bertz CT molecular complexity index is 1690. The monoisotopic (exact) mass is 522 g/mol. The topological polar surface area (TPSA) is 64.3 Å². The molecule has 5 aromatic rings. The first-order chi connectivity index (χ1) is 17.5. The smallest absolute Gasteiger partial charge is 0.346 e. The predicted octanol–water partition coefficient (Wildman–Crippen LogP) is 8.52. The number of nitrogens with zero attached hydrogens (tertiary/aromatic N) is 2. The van der Waals surface area contributed by atoms with E-state index in [-0.39, 0.29) is 5.57 Å². The molecule has 0 radical (unpaired) electrons. The Kier molecular flexibility index (Phi) is 5.65. The molecular weight excluding hydrogens is 505 g/mol. The van der Waals surface area contributed by atoms with Gasteiger partial charge in [-0.1, -0.05) is 54.2 Å². The maximum Gasteiger partial charge on any atom is 0.346 e. The molecular formula is C29H18N2O2S3.